The molecule has 3 aromatic rings. The molecule has 4 rings (SSSR count). The van der Waals surface area contributed by atoms with Gasteiger partial charge in [-0.25, -0.2) is 28.7 Å². The summed E-state index contributed by atoms with van der Waals surface area (Å²) in [5.41, 5.74) is 0.503. The Bertz CT molecular complexity index is 1020. The van der Waals surface area contributed by atoms with Crippen LogP contribution in [0.4, 0.5) is 14.6 Å². The molecule has 8 nitrogen and oxygen atoms in total. The van der Waals surface area contributed by atoms with Crippen molar-refractivity contribution in [3.63, 3.8) is 0 Å². The van der Waals surface area contributed by atoms with E-state index in [1.807, 2.05) is 11.8 Å². The summed E-state index contributed by atoms with van der Waals surface area (Å²) in [6.45, 7) is 2.56. The molecular weight excluding hydrogens is 370 g/mol. The van der Waals surface area contributed by atoms with Crippen LogP contribution in [0.15, 0.2) is 30.9 Å². The van der Waals surface area contributed by atoms with E-state index in [0.717, 1.165) is 6.42 Å². The van der Waals surface area contributed by atoms with Crippen molar-refractivity contribution in [3.05, 3.63) is 36.5 Å². The molecule has 28 heavy (non-hydrogen) atoms. The zero-order valence-corrected chi connectivity index (χ0v) is 15.0. The third-order valence-electron chi connectivity index (χ3n) is 5.11. The Kier molecular flexibility index (Phi) is 4.62. The van der Waals surface area contributed by atoms with Gasteiger partial charge in [0.2, 0.25) is 0 Å². The quantitative estimate of drug-likeness (QED) is 0.734. The van der Waals surface area contributed by atoms with Crippen LogP contribution in [0.1, 0.15) is 31.9 Å². The highest BCUT2D eigenvalue weighted by Gasteiger charge is 2.33. The molecule has 0 radical (unpaired) electrons. The topological polar surface area (TPSA) is 96.5 Å². The van der Waals surface area contributed by atoms with Crippen LogP contribution in [0, 0.1) is 5.92 Å². The zero-order valence-electron chi connectivity index (χ0n) is 15.0. The third-order valence-corrected chi connectivity index (χ3v) is 5.11. The van der Waals surface area contributed by atoms with E-state index in [4.69, 9.17) is 0 Å². The largest absolute Gasteiger partial charge is 0.481 e. The molecule has 0 spiro atoms. The molecule has 1 fully saturated rings. The number of anilines is 1. The van der Waals surface area contributed by atoms with Crippen molar-refractivity contribution >= 4 is 17.4 Å². The van der Waals surface area contributed by atoms with Crippen LogP contribution in [0.25, 0.3) is 17.2 Å². The van der Waals surface area contributed by atoms with Gasteiger partial charge < -0.3 is 10.0 Å². The van der Waals surface area contributed by atoms with Crippen molar-refractivity contribution in [2.24, 2.45) is 5.92 Å². The minimum Gasteiger partial charge on any atom is -0.481 e. The molecule has 0 bridgehead atoms. The molecular formula is C18H18F2N6O2. The predicted molar refractivity (Wildman–Crippen MR) is 96.1 cm³/mol. The summed E-state index contributed by atoms with van der Waals surface area (Å²) in [6.07, 6.45) is 4.26. The van der Waals surface area contributed by atoms with Gasteiger partial charge in [0.1, 0.15) is 17.2 Å². The normalized spacial score (nSPS) is 20.1. The lowest BCUT2D eigenvalue weighted by Gasteiger charge is -2.38. The molecule has 0 aromatic carbocycles. The maximum atomic E-state index is 13.0. The minimum atomic E-state index is -2.70. The predicted octanol–water partition coefficient (Wildman–Crippen LogP) is 2.81. The molecule has 0 unspecified atom stereocenters. The van der Waals surface area contributed by atoms with E-state index in [0.29, 0.717) is 35.9 Å². The van der Waals surface area contributed by atoms with E-state index < -0.39 is 18.3 Å². The molecule has 3 aromatic heterocycles. The highest BCUT2D eigenvalue weighted by Crippen LogP contribution is 2.29. The maximum absolute atomic E-state index is 13.0. The van der Waals surface area contributed by atoms with Gasteiger partial charge in [0.05, 0.1) is 18.3 Å². The number of aromatic nitrogens is 5. The van der Waals surface area contributed by atoms with Crippen LogP contribution in [0.5, 0.6) is 0 Å². The minimum absolute atomic E-state index is 0.217. The smallest absolute Gasteiger partial charge is 0.308 e. The van der Waals surface area contributed by atoms with Crippen molar-refractivity contribution in [1.29, 1.82) is 0 Å². The lowest BCUT2D eigenvalue weighted by Crippen LogP contribution is -2.46. The van der Waals surface area contributed by atoms with Gasteiger partial charge >= 0.3 is 5.97 Å². The van der Waals surface area contributed by atoms with Gasteiger partial charge in [-0.15, -0.1) is 0 Å². The van der Waals surface area contributed by atoms with Crippen molar-refractivity contribution in [2.75, 3.05) is 11.4 Å². The van der Waals surface area contributed by atoms with Crippen molar-refractivity contribution in [3.8, 4) is 11.5 Å². The Balaban J connectivity index is 1.72. The maximum Gasteiger partial charge on any atom is 0.308 e. The van der Waals surface area contributed by atoms with Crippen LogP contribution < -0.4 is 4.90 Å². The van der Waals surface area contributed by atoms with Gasteiger partial charge in [0.15, 0.2) is 11.5 Å². The van der Waals surface area contributed by atoms with Crippen LogP contribution in [-0.4, -0.2) is 48.0 Å². The Morgan fingerprint density at radius 1 is 1.29 bits per heavy atom. The summed E-state index contributed by atoms with van der Waals surface area (Å²) < 4.78 is 27.5. The molecule has 1 aliphatic rings. The number of nitrogens with zero attached hydrogens (tertiary/aromatic N) is 6. The van der Waals surface area contributed by atoms with Crippen molar-refractivity contribution in [2.45, 2.75) is 32.2 Å². The summed E-state index contributed by atoms with van der Waals surface area (Å²) in [5.74, 6) is -0.370. The van der Waals surface area contributed by atoms with E-state index in [-0.39, 0.29) is 11.7 Å². The SMILES string of the molecule is C[C@H]1[C@@H](C(=O)O)CCCN1c1ccnc(-c2cnc3cnc(C(F)F)cn23)n1. The molecule has 0 saturated carbocycles. The number of imidazole rings is 1. The molecule has 2 atom stereocenters. The summed E-state index contributed by atoms with van der Waals surface area (Å²) in [7, 11) is 0. The van der Waals surface area contributed by atoms with Gasteiger partial charge in [-0.05, 0) is 25.8 Å². The number of hydrogen-bond donors (Lipinski definition) is 1. The summed E-state index contributed by atoms with van der Waals surface area (Å²) in [5, 5.41) is 9.43. The number of rotatable bonds is 4. The number of carbonyl (C=O) groups is 1. The fraction of sp³-hybridized carbons (Fsp3) is 0.389. The lowest BCUT2D eigenvalue weighted by atomic mass is 9.90. The summed E-state index contributed by atoms with van der Waals surface area (Å²) in [4.78, 5) is 30.1. The van der Waals surface area contributed by atoms with Crippen LogP contribution in [0.3, 0.4) is 0 Å². The number of piperidine rings is 1. The number of halogens is 2. The fourth-order valence-corrected chi connectivity index (χ4v) is 3.61. The van der Waals surface area contributed by atoms with Gasteiger partial charge in [-0.3, -0.25) is 9.20 Å². The van der Waals surface area contributed by atoms with E-state index in [9.17, 15) is 18.7 Å². The first-order valence-corrected chi connectivity index (χ1v) is 8.89. The van der Waals surface area contributed by atoms with E-state index in [1.54, 1.807) is 12.3 Å². The lowest BCUT2D eigenvalue weighted by molar-refractivity contribution is -0.143. The standard InChI is InChI=1S/C18H18F2N6O2/c1-10-11(18(27)28)3-2-6-25(10)14-4-5-21-17(24-14)13-7-23-15-8-22-12(16(19)20)9-26(13)15/h4-5,7-11,16H,2-3,6H2,1H3,(H,27,28)/t10-,11-/m0/s1. The van der Waals surface area contributed by atoms with Gasteiger partial charge in [-0.2, -0.15) is 0 Å². The second kappa shape index (κ2) is 7.10. The first-order valence-electron chi connectivity index (χ1n) is 8.89. The van der Waals surface area contributed by atoms with Gasteiger partial charge in [0.25, 0.3) is 6.43 Å². The average molecular weight is 388 g/mol. The Morgan fingerprint density at radius 2 is 2.11 bits per heavy atom. The van der Waals surface area contributed by atoms with Crippen molar-refractivity contribution in [1.82, 2.24) is 24.3 Å². The summed E-state index contributed by atoms with van der Waals surface area (Å²) >= 11 is 0. The zero-order chi connectivity index (χ0) is 19.8. The molecule has 1 saturated heterocycles. The van der Waals surface area contributed by atoms with Crippen LogP contribution in [-0.2, 0) is 4.79 Å². The third kappa shape index (κ3) is 3.14. The Hall–Kier alpha value is -3.17. The number of hydrogen-bond acceptors (Lipinski definition) is 6. The number of fused-ring (bicyclic) bond motifs is 1. The number of carboxylic acid groups (broad SMARTS) is 1. The van der Waals surface area contributed by atoms with Gasteiger partial charge in [0, 0.05) is 25.0 Å². The highest BCUT2D eigenvalue weighted by atomic mass is 19.3. The summed E-state index contributed by atoms with van der Waals surface area (Å²) in [6, 6.07) is 1.50. The molecule has 4 heterocycles. The fourth-order valence-electron chi connectivity index (χ4n) is 3.61. The molecule has 1 N–H and O–H groups in total. The molecule has 10 heteroatoms. The van der Waals surface area contributed by atoms with Crippen molar-refractivity contribution < 1.29 is 18.7 Å². The van der Waals surface area contributed by atoms with E-state index in [1.165, 1.54) is 23.0 Å². The number of carboxylic acids is 1. The second-order valence-electron chi connectivity index (χ2n) is 6.74. The highest BCUT2D eigenvalue weighted by molar-refractivity contribution is 5.72. The van der Waals surface area contributed by atoms with E-state index in [2.05, 4.69) is 19.9 Å². The first-order chi connectivity index (χ1) is 13.5. The first kappa shape index (κ1) is 18.2. The second-order valence-corrected chi connectivity index (χ2v) is 6.74. The van der Waals surface area contributed by atoms with E-state index >= 15 is 0 Å². The Labute approximate surface area is 158 Å². The molecule has 0 aliphatic carbocycles. The number of aliphatic carboxylic acids is 1. The monoisotopic (exact) mass is 388 g/mol. The molecule has 1 aliphatic heterocycles. The Morgan fingerprint density at radius 3 is 2.86 bits per heavy atom. The van der Waals surface area contributed by atoms with Gasteiger partial charge in [-0.1, -0.05) is 0 Å². The van der Waals surface area contributed by atoms with Crippen LogP contribution in [0.2, 0.25) is 0 Å². The average Bonchev–Trinajstić information content (AvgIpc) is 3.11. The number of alkyl halides is 2. The van der Waals surface area contributed by atoms with Crippen LogP contribution >= 0.6 is 0 Å². The molecule has 0 amide bonds. The molecule has 146 valence electrons.